The molecule has 5 nitrogen and oxygen atoms in total. The Morgan fingerprint density at radius 2 is 2.18 bits per heavy atom. The number of rotatable bonds is 7. The van der Waals surface area contributed by atoms with Crippen molar-refractivity contribution in [3.63, 3.8) is 0 Å². The average molecular weight is 238 g/mol. The molecule has 0 bridgehead atoms. The van der Waals surface area contributed by atoms with Crippen molar-refractivity contribution in [1.29, 1.82) is 0 Å². The molecule has 1 aromatic heterocycles. The third kappa shape index (κ3) is 4.46. The fourth-order valence-corrected chi connectivity index (χ4v) is 2.22. The van der Waals surface area contributed by atoms with Gasteiger partial charge < -0.3 is 19.9 Å². The van der Waals surface area contributed by atoms with Crippen LogP contribution < -0.4 is 5.32 Å². The van der Waals surface area contributed by atoms with Gasteiger partial charge in [-0.25, -0.2) is 4.98 Å². The molecule has 96 valence electrons. The molecular weight excluding hydrogens is 216 g/mol. The van der Waals surface area contributed by atoms with Crippen molar-refractivity contribution in [2.75, 3.05) is 32.7 Å². The quantitative estimate of drug-likeness (QED) is 0.653. The van der Waals surface area contributed by atoms with E-state index in [0.717, 1.165) is 32.7 Å². The zero-order valence-corrected chi connectivity index (χ0v) is 10.3. The highest BCUT2D eigenvalue weighted by Gasteiger charge is 2.14. The molecule has 17 heavy (non-hydrogen) atoms. The van der Waals surface area contributed by atoms with Gasteiger partial charge in [-0.3, -0.25) is 0 Å². The van der Waals surface area contributed by atoms with Gasteiger partial charge >= 0.3 is 0 Å². The molecule has 1 aromatic rings. The average Bonchev–Trinajstić information content (AvgIpc) is 2.96. The van der Waals surface area contributed by atoms with E-state index >= 15 is 0 Å². The highest BCUT2D eigenvalue weighted by molar-refractivity contribution is 4.75. The van der Waals surface area contributed by atoms with Crippen LogP contribution in [0.25, 0.3) is 0 Å². The summed E-state index contributed by atoms with van der Waals surface area (Å²) in [5.41, 5.74) is 0. The van der Waals surface area contributed by atoms with Crippen LogP contribution in [-0.4, -0.2) is 58.4 Å². The summed E-state index contributed by atoms with van der Waals surface area (Å²) < 4.78 is 2.03. The summed E-state index contributed by atoms with van der Waals surface area (Å²) in [5.74, 6) is 0. The molecule has 2 rings (SSSR count). The minimum atomic E-state index is -0.254. The number of aromatic nitrogens is 2. The van der Waals surface area contributed by atoms with E-state index in [-0.39, 0.29) is 6.10 Å². The predicted octanol–water partition coefficient (Wildman–Crippen LogP) is -0.0706. The van der Waals surface area contributed by atoms with E-state index < -0.39 is 0 Å². The first-order valence-corrected chi connectivity index (χ1v) is 6.41. The lowest BCUT2D eigenvalue weighted by Gasteiger charge is -2.19. The smallest absolute Gasteiger partial charge is 0.0946 e. The van der Waals surface area contributed by atoms with E-state index in [0.29, 0.717) is 6.54 Å². The maximum absolute atomic E-state index is 9.84. The van der Waals surface area contributed by atoms with Gasteiger partial charge in [0.05, 0.1) is 12.4 Å². The Morgan fingerprint density at radius 1 is 1.35 bits per heavy atom. The van der Waals surface area contributed by atoms with Gasteiger partial charge in [0.15, 0.2) is 0 Å². The van der Waals surface area contributed by atoms with Gasteiger partial charge in [-0.05, 0) is 25.9 Å². The van der Waals surface area contributed by atoms with E-state index in [9.17, 15) is 5.11 Å². The minimum Gasteiger partial charge on any atom is -0.390 e. The maximum Gasteiger partial charge on any atom is 0.0946 e. The molecule has 0 aromatic carbocycles. The van der Waals surface area contributed by atoms with Crippen molar-refractivity contribution in [3.8, 4) is 0 Å². The van der Waals surface area contributed by atoms with Gasteiger partial charge in [-0.1, -0.05) is 0 Å². The molecule has 1 unspecified atom stereocenters. The number of likely N-dealkylation sites (tertiary alicyclic amines) is 1. The van der Waals surface area contributed by atoms with Crippen molar-refractivity contribution >= 4 is 0 Å². The van der Waals surface area contributed by atoms with Crippen molar-refractivity contribution in [2.45, 2.75) is 25.5 Å². The second-order valence-corrected chi connectivity index (χ2v) is 4.67. The van der Waals surface area contributed by atoms with Crippen LogP contribution in [0.1, 0.15) is 12.8 Å². The normalized spacial score (nSPS) is 18.6. The molecule has 2 heterocycles. The Morgan fingerprint density at radius 3 is 2.88 bits per heavy atom. The first kappa shape index (κ1) is 12.5. The minimum absolute atomic E-state index is 0.254. The number of imidazole rings is 1. The number of aliphatic hydroxyl groups is 1. The van der Waals surface area contributed by atoms with Crippen LogP contribution in [-0.2, 0) is 6.54 Å². The summed E-state index contributed by atoms with van der Waals surface area (Å²) in [4.78, 5) is 6.32. The number of hydrogen-bond acceptors (Lipinski definition) is 4. The van der Waals surface area contributed by atoms with Crippen LogP contribution >= 0.6 is 0 Å². The number of aliphatic hydroxyl groups excluding tert-OH is 1. The topological polar surface area (TPSA) is 53.3 Å². The van der Waals surface area contributed by atoms with E-state index in [2.05, 4.69) is 15.2 Å². The van der Waals surface area contributed by atoms with E-state index in [1.165, 1.54) is 12.8 Å². The van der Waals surface area contributed by atoms with Gasteiger partial charge in [0.25, 0.3) is 0 Å². The molecule has 2 N–H and O–H groups in total. The van der Waals surface area contributed by atoms with Crippen molar-refractivity contribution in [2.24, 2.45) is 0 Å². The Kier molecular flexibility index (Phi) is 4.97. The summed E-state index contributed by atoms with van der Waals surface area (Å²) in [6.45, 7) is 5.53. The molecule has 1 aliphatic rings. The second-order valence-electron chi connectivity index (χ2n) is 4.67. The van der Waals surface area contributed by atoms with Crippen LogP contribution in [0.15, 0.2) is 18.7 Å². The standard InChI is InChI=1S/C12H22N4O/c17-12(10-15-5-1-2-6-15)9-13-3-7-16-8-4-14-11-16/h4,8,11-13,17H,1-3,5-7,9-10H2. The summed E-state index contributed by atoms with van der Waals surface area (Å²) >= 11 is 0. The molecule has 0 amide bonds. The Labute approximate surface area is 102 Å². The Bertz CT molecular complexity index is 295. The number of β-amino-alcohol motifs (C(OH)–C–C–N with tert-alkyl or cyclic N) is 1. The van der Waals surface area contributed by atoms with Crippen LogP contribution in [0.3, 0.4) is 0 Å². The monoisotopic (exact) mass is 238 g/mol. The molecule has 1 atom stereocenters. The molecule has 5 heteroatoms. The SMILES string of the molecule is OC(CNCCn1ccnc1)CN1CCCC1. The van der Waals surface area contributed by atoms with Gasteiger partial charge in [0.1, 0.15) is 0 Å². The lowest BCUT2D eigenvalue weighted by atomic mass is 10.3. The maximum atomic E-state index is 9.84. The molecular formula is C12H22N4O. The summed E-state index contributed by atoms with van der Waals surface area (Å²) in [7, 11) is 0. The molecule has 0 saturated carbocycles. The third-order valence-electron chi connectivity index (χ3n) is 3.15. The highest BCUT2D eigenvalue weighted by atomic mass is 16.3. The molecule has 1 saturated heterocycles. The van der Waals surface area contributed by atoms with Crippen molar-refractivity contribution in [3.05, 3.63) is 18.7 Å². The van der Waals surface area contributed by atoms with Crippen LogP contribution in [0.4, 0.5) is 0 Å². The molecule has 0 radical (unpaired) electrons. The summed E-state index contributed by atoms with van der Waals surface area (Å²) in [6, 6.07) is 0. The fourth-order valence-electron chi connectivity index (χ4n) is 2.22. The predicted molar refractivity (Wildman–Crippen MR) is 66.8 cm³/mol. The van der Waals surface area contributed by atoms with Gasteiger partial charge in [0, 0.05) is 38.6 Å². The van der Waals surface area contributed by atoms with Gasteiger partial charge in [0.2, 0.25) is 0 Å². The fraction of sp³-hybridized carbons (Fsp3) is 0.750. The first-order chi connectivity index (χ1) is 8.34. The van der Waals surface area contributed by atoms with Crippen LogP contribution in [0.5, 0.6) is 0 Å². The molecule has 0 aliphatic carbocycles. The number of nitrogens with one attached hydrogen (secondary N) is 1. The zero-order valence-electron chi connectivity index (χ0n) is 10.3. The van der Waals surface area contributed by atoms with Crippen LogP contribution in [0.2, 0.25) is 0 Å². The second kappa shape index (κ2) is 6.74. The van der Waals surface area contributed by atoms with E-state index in [1.54, 1.807) is 6.20 Å². The Balaban J connectivity index is 1.52. The zero-order chi connectivity index (χ0) is 11.9. The largest absolute Gasteiger partial charge is 0.390 e. The lowest BCUT2D eigenvalue weighted by Crippen LogP contribution is -2.37. The lowest BCUT2D eigenvalue weighted by molar-refractivity contribution is 0.123. The first-order valence-electron chi connectivity index (χ1n) is 6.41. The van der Waals surface area contributed by atoms with E-state index in [1.807, 2.05) is 17.1 Å². The summed E-state index contributed by atoms with van der Waals surface area (Å²) in [5, 5.41) is 13.1. The Hall–Kier alpha value is -0.910. The number of nitrogens with zero attached hydrogens (tertiary/aromatic N) is 3. The molecule has 1 fully saturated rings. The molecule has 0 spiro atoms. The highest BCUT2D eigenvalue weighted by Crippen LogP contribution is 2.07. The van der Waals surface area contributed by atoms with Crippen molar-refractivity contribution < 1.29 is 5.11 Å². The third-order valence-corrected chi connectivity index (χ3v) is 3.15. The van der Waals surface area contributed by atoms with Crippen LogP contribution in [0, 0.1) is 0 Å². The van der Waals surface area contributed by atoms with Gasteiger partial charge in [-0.2, -0.15) is 0 Å². The van der Waals surface area contributed by atoms with Gasteiger partial charge in [-0.15, -0.1) is 0 Å². The van der Waals surface area contributed by atoms with Crippen molar-refractivity contribution in [1.82, 2.24) is 19.8 Å². The van der Waals surface area contributed by atoms with E-state index in [4.69, 9.17) is 0 Å². The number of hydrogen-bond donors (Lipinski definition) is 2. The summed E-state index contributed by atoms with van der Waals surface area (Å²) in [6.07, 6.45) is 7.84. The molecule has 1 aliphatic heterocycles.